The van der Waals surface area contributed by atoms with E-state index < -0.39 is 0 Å². The van der Waals surface area contributed by atoms with Crippen LogP contribution in [0, 0.1) is 11.3 Å². The van der Waals surface area contributed by atoms with Gasteiger partial charge in [-0.2, -0.15) is 10.4 Å². The van der Waals surface area contributed by atoms with Crippen LogP contribution in [0.15, 0.2) is 42.7 Å². The SMILES string of the molecule is Cn1cc(C(=O)N2CC(CC#N)(N3CCC(N[C@@H]4C[C@H]4c4ccccc4)CC3)C2)cn1. The average molecular weight is 419 g/mol. The summed E-state index contributed by atoms with van der Waals surface area (Å²) < 4.78 is 1.65. The lowest BCUT2D eigenvalue weighted by Gasteiger charge is -2.56. The number of rotatable bonds is 6. The molecule has 162 valence electrons. The number of nitrogens with one attached hydrogen (secondary N) is 1. The van der Waals surface area contributed by atoms with Gasteiger partial charge in [0, 0.05) is 57.4 Å². The van der Waals surface area contributed by atoms with Crippen LogP contribution in [0.4, 0.5) is 0 Å². The van der Waals surface area contributed by atoms with Crippen LogP contribution in [0.25, 0.3) is 0 Å². The lowest BCUT2D eigenvalue weighted by molar-refractivity contribution is -0.0497. The zero-order valence-electron chi connectivity index (χ0n) is 18.1. The van der Waals surface area contributed by atoms with E-state index in [9.17, 15) is 10.1 Å². The first-order valence-corrected chi connectivity index (χ1v) is 11.3. The molecular weight excluding hydrogens is 388 g/mol. The molecule has 0 bridgehead atoms. The number of aromatic nitrogens is 2. The van der Waals surface area contributed by atoms with Crippen LogP contribution in [-0.2, 0) is 7.05 Å². The molecule has 2 saturated heterocycles. The van der Waals surface area contributed by atoms with E-state index in [1.165, 1.54) is 12.0 Å². The molecule has 0 spiro atoms. The van der Waals surface area contributed by atoms with Crippen molar-refractivity contribution >= 4 is 5.91 Å². The Hall–Kier alpha value is -2.69. The third-order valence-electron chi connectivity index (χ3n) is 7.25. The van der Waals surface area contributed by atoms with E-state index in [0.29, 0.717) is 43.1 Å². The van der Waals surface area contributed by atoms with Crippen LogP contribution in [0.1, 0.15) is 47.5 Å². The van der Waals surface area contributed by atoms with Crippen LogP contribution in [0.3, 0.4) is 0 Å². The third-order valence-corrected chi connectivity index (χ3v) is 7.25. The minimum Gasteiger partial charge on any atom is -0.335 e. The van der Waals surface area contributed by atoms with E-state index in [0.717, 1.165) is 25.9 Å². The van der Waals surface area contributed by atoms with Crippen LogP contribution >= 0.6 is 0 Å². The quantitative estimate of drug-likeness (QED) is 0.778. The van der Waals surface area contributed by atoms with Crippen LogP contribution < -0.4 is 5.32 Å². The highest BCUT2D eigenvalue weighted by Gasteiger charge is 2.50. The minimum atomic E-state index is -0.191. The highest BCUT2D eigenvalue weighted by molar-refractivity contribution is 5.94. The molecule has 7 nitrogen and oxygen atoms in total. The minimum absolute atomic E-state index is 0.0129. The van der Waals surface area contributed by atoms with Gasteiger partial charge in [-0.25, -0.2) is 0 Å². The first kappa shape index (κ1) is 20.2. The smallest absolute Gasteiger partial charge is 0.257 e. The van der Waals surface area contributed by atoms with Crippen molar-refractivity contribution < 1.29 is 4.79 Å². The summed E-state index contributed by atoms with van der Waals surface area (Å²) in [5.74, 6) is 0.668. The molecule has 0 radical (unpaired) electrons. The molecule has 7 heteroatoms. The summed E-state index contributed by atoms with van der Waals surface area (Å²) in [6, 6.07) is 14.3. The van der Waals surface area contributed by atoms with E-state index >= 15 is 0 Å². The van der Waals surface area contributed by atoms with Gasteiger partial charge in [0.2, 0.25) is 0 Å². The van der Waals surface area contributed by atoms with Crippen LogP contribution in [-0.4, -0.2) is 69.3 Å². The number of benzene rings is 1. The summed E-state index contributed by atoms with van der Waals surface area (Å²) in [5.41, 5.74) is 1.87. The van der Waals surface area contributed by atoms with E-state index in [-0.39, 0.29) is 11.4 Å². The number of aryl methyl sites for hydroxylation is 1. The fourth-order valence-electron chi connectivity index (χ4n) is 5.36. The monoisotopic (exact) mass is 418 g/mol. The third kappa shape index (κ3) is 3.98. The number of nitriles is 1. The van der Waals surface area contributed by atoms with Crippen molar-refractivity contribution in [1.82, 2.24) is 24.9 Å². The van der Waals surface area contributed by atoms with Crippen LogP contribution in [0.5, 0.6) is 0 Å². The average Bonchev–Trinajstić information content (AvgIpc) is 3.39. The van der Waals surface area contributed by atoms with Gasteiger partial charge >= 0.3 is 0 Å². The van der Waals surface area contributed by atoms with Gasteiger partial charge in [0.25, 0.3) is 5.91 Å². The highest BCUT2D eigenvalue weighted by Crippen LogP contribution is 2.42. The number of amides is 1. The first-order valence-electron chi connectivity index (χ1n) is 11.3. The molecule has 1 aliphatic carbocycles. The van der Waals surface area contributed by atoms with Crippen molar-refractivity contribution in [2.45, 2.75) is 49.2 Å². The van der Waals surface area contributed by atoms with E-state index in [1.54, 1.807) is 17.1 Å². The van der Waals surface area contributed by atoms with Gasteiger partial charge in [0.15, 0.2) is 0 Å². The predicted octanol–water partition coefficient (Wildman–Crippen LogP) is 2.14. The van der Waals surface area contributed by atoms with Gasteiger partial charge in [0.05, 0.1) is 29.8 Å². The van der Waals surface area contributed by atoms with E-state index in [2.05, 4.69) is 51.7 Å². The second kappa shape index (κ2) is 8.10. The molecule has 1 saturated carbocycles. The van der Waals surface area contributed by atoms with Crippen molar-refractivity contribution in [1.29, 1.82) is 5.26 Å². The predicted molar refractivity (Wildman–Crippen MR) is 117 cm³/mol. The normalized spacial score (nSPS) is 25.6. The number of hydrogen-bond donors (Lipinski definition) is 1. The fraction of sp³-hybridized carbons (Fsp3) is 0.542. The van der Waals surface area contributed by atoms with Crippen molar-refractivity contribution in [3.05, 3.63) is 53.9 Å². The van der Waals surface area contributed by atoms with Crippen molar-refractivity contribution in [3.63, 3.8) is 0 Å². The summed E-state index contributed by atoms with van der Waals surface area (Å²) in [7, 11) is 1.81. The van der Waals surface area contributed by atoms with Gasteiger partial charge in [-0.05, 0) is 24.8 Å². The Morgan fingerprint density at radius 3 is 2.65 bits per heavy atom. The molecule has 3 fully saturated rings. The topological polar surface area (TPSA) is 77.2 Å². The maximum absolute atomic E-state index is 12.7. The lowest BCUT2D eigenvalue weighted by Crippen LogP contribution is -2.72. The second-order valence-corrected chi connectivity index (χ2v) is 9.41. The standard InChI is InChI=1S/C24H30N6O/c1-28-15-19(14-26-28)23(31)29-16-24(17-29,9-10-25)30-11-7-20(8-12-30)27-22-13-21(22)18-5-3-2-4-6-18/h2-6,14-15,20-22,27H,7-9,11-13,16-17H2,1H3/t21-,22+/m0/s1. The van der Waals surface area contributed by atoms with Gasteiger partial charge in [-0.15, -0.1) is 0 Å². The molecule has 1 N–H and O–H groups in total. The molecule has 1 amide bonds. The molecule has 2 atom stereocenters. The molecular formula is C24H30N6O. The molecule has 3 aliphatic rings. The van der Waals surface area contributed by atoms with E-state index in [1.807, 2.05) is 11.9 Å². The fourth-order valence-corrected chi connectivity index (χ4v) is 5.36. The Kier molecular flexibility index (Phi) is 5.28. The largest absolute Gasteiger partial charge is 0.335 e. The molecule has 0 unspecified atom stereocenters. The molecule has 1 aromatic heterocycles. The van der Waals surface area contributed by atoms with Gasteiger partial charge in [-0.3, -0.25) is 14.4 Å². The Labute approximate surface area is 183 Å². The van der Waals surface area contributed by atoms with Crippen molar-refractivity contribution in [2.75, 3.05) is 26.2 Å². The van der Waals surface area contributed by atoms with Crippen LogP contribution in [0.2, 0.25) is 0 Å². The Morgan fingerprint density at radius 1 is 1.26 bits per heavy atom. The molecule has 2 aliphatic heterocycles. The van der Waals surface area contributed by atoms with Crippen molar-refractivity contribution in [2.24, 2.45) is 7.05 Å². The second-order valence-electron chi connectivity index (χ2n) is 9.41. The van der Waals surface area contributed by atoms with E-state index in [4.69, 9.17) is 0 Å². The zero-order valence-corrected chi connectivity index (χ0v) is 18.1. The number of likely N-dealkylation sites (tertiary alicyclic amines) is 2. The summed E-state index contributed by atoms with van der Waals surface area (Å²) >= 11 is 0. The Bertz CT molecular complexity index is 965. The van der Waals surface area contributed by atoms with Crippen molar-refractivity contribution in [3.8, 4) is 6.07 Å². The number of piperidine rings is 1. The molecule has 31 heavy (non-hydrogen) atoms. The molecule has 3 heterocycles. The summed E-state index contributed by atoms with van der Waals surface area (Å²) in [6.07, 6.45) is 7.27. The number of carbonyl (C=O) groups excluding carboxylic acids is 1. The maximum Gasteiger partial charge on any atom is 0.257 e. The Balaban J connectivity index is 1.13. The lowest BCUT2D eigenvalue weighted by atomic mass is 9.82. The summed E-state index contributed by atoms with van der Waals surface area (Å²) in [4.78, 5) is 17.0. The number of hydrogen-bond acceptors (Lipinski definition) is 5. The maximum atomic E-state index is 12.7. The summed E-state index contributed by atoms with van der Waals surface area (Å²) in [6.45, 7) is 3.23. The molecule has 1 aromatic carbocycles. The van der Waals surface area contributed by atoms with Gasteiger partial charge < -0.3 is 10.2 Å². The highest BCUT2D eigenvalue weighted by atomic mass is 16.2. The summed E-state index contributed by atoms with van der Waals surface area (Å²) in [5, 5.41) is 17.4. The number of nitrogens with zero attached hydrogens (tertiary/aromatic N) is 5. The Morgan fingerprint density at radius 2 is 2.00 bits per heavy atom. The first-order chi connectivity index (χ1) is 15.1. The molecule has 2 aromatic rings. The van der Waals surface area contributed by atoms with Gasteiger partial charge in [0.1, 0.15) is 0 Å². The zero-order chi connectivity index (χ0) is 21.4. The van der Waals surface area contributed by atoms with Gasteiger partial charge in [-0.1, -0.05) is 30.3 Å². The number of carbonyl (C=O) groups is 1. The molecule has 5 rings (SSSR count).